The molecule has 0 amide bonds. The predicted molar refractivity (Wildman–Crippen MR) is 74.9 cm³/mol. The van der Waals surface area contributed by atoms with E-state index in [9.17, 15) is 9.18 Å². The van der Waals surface area contributed by atoms with Gasteiger partial charge in [0.05, 0.1) is 0 Å². The minimum absolute atomic E-state index is 0.00104. The normalized spacial score (nSPS) is 11.9. The van der Waals surface area contributed by atoms with E-state index in [4.69, 9.17) is 0 Å². The first kappa shape index (κ1) is 13.3. The van der Waals surface area contributed by atoms with Crippen molar-refractivity contribution < 1.29 is 9.18 Å². The number of carbonyl (C=O) groups excluding carboxylic acids is 1. The number of carbonyl (C=O) groups is 1. The van der Waals surface area contributed by atoms with Crippen molar-refractivity contribution in [2.75, 3.05) is 5.32 Å². The molecule has 1 unspecified atom stereocenters. The van der Waals surface area contributed by atoms with Gasteiger partial charge in [-0.15, -0.1) is 0 Å². The van der Waals surface area contributed by atoms with Gasteiger partial charge in [0.1, 0.15) is 5.82 Å². The molecule has 2 nitrogen and oxygen atoms in total. The molecule has 0 aliphatic carbocycles. The molecule has 0 saturated heterocycles. The van der Waals surface area contributed by atoms with Gasteiger partial charge in [-0.25, -0.2) is 4.39 Å². The fourth-order valence-corrected chi connectivity index (χ4v) is 1.91. The van der Waals surface area contributed by atoms with Gasteiger partial charge in [-0.2, -0.15) is 0 Å². The molecule has 0 radical (unpaired) electrons. The SMILES string of the molecule is CC(=O)c1ccc(NC(C)c2cccc(F)c2)cc1. The molecule has 0 aliphatic heterocycles. The molecule has 19 heavy (non-hydrogen) atoms. The highest BCUT2D eigenvalue weighted by Gasteiger charge is 2.06. The molecule has 0 aliphatic rings. The van der Waals surface area contributed by atoms with Crippen LogP contribution >= 0.6 is 0 Å². The van der Waals surface area contributed by atoms with Crippen LogP contribution < -0.4 is 5.32 Å². The Labute approximate surface area is 112 Å². The smallest absolute Gasteiger partial charge is 0.159 e. The lowest BCUT2D eigenvalue weighted by Crippen LogP contribution is -2.07. The lowest BCUT2D eigenvalue weighted by atomic mass is 10.1. The Kier molecular flexibility index (Phi) is 3.95. The Morgan fingerprint density at radius 1 is 1.16 bits per heavy atom. The zero-order valence-corrected chi connectivity index (χ0v) is 11.0. The van der Waals surface area contributed by atoms with Crippen molar-refractivity contribution in [1.82, 2.24) is 0 Å². The summed E-state index contributed by atoms with van der Waals surface area (Å²) in [4.78, 5) is 11.2. The molecular weight excluding hydrogens is 241 g/mol. The van der Waals surface area contributed by atoms with Crippen LogP contribution in [0.2, 0.25) is 0 Å². The first-order valence-electron chi connectivity index (χ1n) is 6.19. The number of nitrogens with one attached hydrogen (secondary N) is 1. The zero-order valence-electron chi connectivity index (χ0n) is 11.0. The lowest BCUT2D eigenvalue weighted by molar-refractivity contribution is 0.101. The summed E-state index contributed by atoms with van der Waals surface area (Å²) in [5.74, 6) is -0.192. The average molecular weight is 257 g/mol. The number of ketones is 1. The molecule has 0 aromatic heterocycles. The fourth-order valence-electron chi connectivity index (χ4n) is 1.91. The molecular formula is C16H16FNO. The van der Waals surface area contributed by atoms with Crippen LogP contribution in [0, 0.1) is 5.82 Å². The van der Waals surface area contributed by atoms with Crippen molar-refractivity contribution >= 4 is 11.5 Å². The summed E-state index contributed by atoms with van der Waals surface area (Å²) in [7, 11) is 0. The van der Waals surface area contributed by atoms with Crippen LogP contribution in [0.3, 0.4) is 0 Å². The number of anilines is 1. The van der Waals surface area contributed by atoms with Crippen molar-refractivity contribution in [3.8, 4) is 0 Å². The first-order chi connectivity index (χ1) is 9.06. The maximum atomic E-state index is 13.1. The first-order valence-corrected chi connectivity index (χ1v) is 6.19. The highest BCUT2D eigenvalue weighted by atomic mass is 19.1. The van der Waals surface area contributed by atoms with Crippen LogP contribution in [0.5, 0.6) is 0 Å². The minimum atomic E-state index is -0.238. The Hall–Kier alpha value is -2.16. The van der Waals surface area contributed by atoms with E-state index in [1.54, 1.807) is 18.2 Å². The summed E-state index contributed by atoms with van der Waals surface area (Å²) < 4.78 is 13.1. The third kappa shape index (κ3) is 3.41. The summed E-state index contributed by atoms with van der Waals surface area (Å²) in [6, 6.07) is 13.8. The second kappa shape index (κ2) is 5.65. The van der Waals surface area contributed by atoms with Crippen LogP contribution in [0.15, 0.2) is 48.5 Å². The maximum absolute atomic E-state index is 13.1. The second-order valence-electron chi connectivity index (χ2n) is 4.55. The fraction of sp³-hybridized carbons (Fsp3) is 0.188. The second-order valence-corrected chi connectivity index (χ2v) is 4.55. The summed E-state index contributed by atoms with van der Waals surface area (Å²) in [6.07, 6.45) is 0. The Morgan fingerprint density at radius 3 is 2.42 bits per heavy atom. The molecule has 0 bridgehead atoms. The molecule has 0 fully saturated rings. The van der Waals surface area contributed by atoms with Crippen molar-refractivity contribution in [3.63, 3.8) is 0 Å². The Bertz CT molecular complexity index is 578. The third-order valence-corrected chi connectivity index (χ3v) is 3.02. The zero-order chi connectivity index (χ0) is 13.8. The number of hydrogen-bond donors (Lipinski definition) is 1. The van der Waals surface area contributed by atoms with Crippen LogP contribution in [0.25, 0.3) is 0 Å². The molecule has 0 spiro atoms. The van der Waals surface area contributed by atoms with Gasteiger partial charge in [0.25, 0.3) is 0 Å². The van der Waals surface area contributed by atoms with Crippen LogP contribution in [0.4, 0.5) is 10.1 Å². The quantitative estimate of drug-likeness (QED) is 0.832. The van der Waals surface area contributed by atoms with Crippen LogP contribution in [0.1, 0.15) is 35.8 Å². The van der Waals surface area contributed by atoms with Crippen molar-refractivity contribution in [2.45, 2.75) is 19.9 Å². The van der Waals surface area contributed by atoms with E-state index >= 15 is 0 Å². The van der Waals surface area contributed by atoms with Crippen molar-refractivity contribution in [2.24, 2.45) is 0 Å². The van der Waals surface area contributed by atoms with Gasteiger partial charge in [-0.1, -0.05) is 12.1 Å². The van der Waals surface area contributed by atoms with Crippen LogP contribution in [-0.2, 0) is 0 Å². The molecule has 1 atom stereocenters. The van der Waals surface area contributed by atoms with Gasteiger partial charge in [-0.05, 0) is 55.8 Å². The van der Waals surface area contributed by atoms with E-state index in [1.807, 2.05) is 25.1 Å². The van der Waals surface area contributed by atoms with Gasteiger partial charge >= 0.3 is 0 Å². The largest absolute Gasteiger partial charge is 0.379 e. The maximum Gasteiger partial charge on any atom is 0.159 e. The Morgan fingerprint density at radius 2 is 1.84 bits per heavy atom. The molecule has 2 aromatic carbocycles. The molecule has 2 rings (SSSR count). The molecule has 0 saturated carbocycles. The number of Topliss-reactive ketones (excluding diaryl/α,β-unsaturated/α-hetero) is 1. The standard InChI is InChI=1S/C16H16FNO/c1-11(14-4-3-5-15(17)10-14)18-16-8-6-13(7-9-16)12(2)19/h3-11,18H,1-2H3. The van der Waals surface area contributed by atoms with Gasteiger partial charge in [0.15, 0.2) is 5.78 Å². The lowest BCUT2D eigenvalue weighted by Gasteiger charge is -2.16. The molecule has 1 N–H and O–H groups in total. The monoisotopic (exact) mass is 257 g/mol. The number of benzene rings is 2. The van der Waals surface area contributed by atoms with Crippen LogP contribution in [-0.4, -0.2) is 5.78 Å². The Balaban J connectivity index is 2.10. The van der Waals surface area contributed by atoms with E-state index in [0.717, 1.165) is 11.3 Å². The van der Waals surface area contributed by atoms with Crippen molar-refractivity contribution in [3.05, 3.63) is 65.5 Å². The van der Waals surface area contributed by atoms with Gasteiger partial charge < -0.3 is 5.32 Å². The van der Waals surface area contributed by atoms with Gasteiger partial charge in [0, 0.05) is 17.3 Å². The number of rotatable bonds is 4. The third-order valence-electron chi connectivity index (χ3n) is 3.02. The summed E-state index contributed by atoms with van der Waals surface area (Å²) in [5.41, 5.74) is 2.47. The van der Waals surface area contributed by atoms with E-state index in [2.05, 4.69) is 5.32 Å². The van der Waals surface area contributed by atoms with E-state index < -0.39 is 0 Å². The minimum Gasteiger partial charge on any atom is -0.379 e. The van der Waals surface area contributed by atoms with Gasteiger partial charge in [0.2, 0.25) is 0 Å². The summed E-state index contributed by atoms with van der Waals surface area (Å²) in [6.45, 7) is 3.51. The highest BCUT2D eigenvalue weighted by Crippen LogP contribution is 2.20. The average Bonchev–Trinajstić information content (AvgIpc) is 2.39. The number of hydrogen-bond acceptors (Lipinski definition) is 2. The van der Waals surface area contributed by atoms with Crippen molar-refractivity contribution in [1.29, 1.82) is 0 Å². The molecule has 3 heteroatoms. The molecule has 0 heterocycles. The number of halogens is 1. The van der Waals surface area contributed by atoms with E-state index in [1.165, 1.54) is 19.1 Å². The van der Waals surface area contributed by atoms with Gasteiger partial charge in [-0.3, -0.25) is 4.79 Å². The van der Waals surface area contributed by atoms with E-state index in [0.29, 0.717) is 5.56 Å². The topological polar surface area (TPSA) is 29.1 Å². The van der Waals surface area contributed by atoms with E-state index in [-0.39, 0.29) is 17.6 Å². The highest BCUT2D eigenvalue weighted by molar-refractivity contribution is 5.94. The molecule has 98 valence electrons. The predicted octanol–water partition coefficient (Wildman–Crippen LogP) is 4.20. The summed E-state index contributed by atoms with van der Waals surface area (Å²) >= 11 is 0. The summed E-state index contributed by atoms with van der Waals surface area (Å²) in [5, 5.41) is 3.27. The molecule has 2 aromatic rings.